The third kappa shape index (κ3) is 4.01. The minimum Gasteiger partial charge on any atom is -0.368 e. The molecule has 0 saturated heterocycles. The molecule has 0 saturated carbocycles. The van der Waals surface area contributed by atoms with Crippen LogP contribution in [0.3, 0.4) is 0 Å². The van der Waals surface area contributed by atoms with Crippen molar-refractivity contribution in [2.75, 3.05) is 11.4 Å². The second kappa shape index (κ2) is 8.34. The van der Waals surface area contributed by atoms with Gasteiger partial charge in [-0.1, -0.05) is 70.6 Å². The Bertz CT molecular complexity index is 385. The van der Waals surface area contributed by atoms with Gasteiger partial charge in [0.15, 0.2) is 0 Å². The Kier molecular flexibility index (Phi) is 6.42. The quantitative estimate of drug-likeness (QED) is 0.531. The first-order valence-electron chi connectivity index (χ1n) is 8.71. The van der Waals surface area contributed by atoms with Gasteiger partial charge in [-0.25, -0.2) is 0 Å². The maximum atomic E-state index is 2.69. The Morgan fingerprint density at radius 3 is 2.55 bits per heavy atom. The van der Waals surface area contributed by atoms with Gasteiger partial charge in [-0.2, -0.15) is 0 Å². The van der Waals surface area contributed by atoms with Gasteiger partial charge < -0.3 is 4.90 Å². The highest BCUT2D eigenvalue weighted by molar-refractivity contribution is 5.58. The minimum absolute atomic E-state index is 0.769. The van der Waals surface area contributed by atoms with Crippen molar-refractivity contribution in [1.29, 1.82) is 0 Å². The van der Waals surface area contributed by atoms with Crippen molar-refractivity contribution in [2.24, 2.45) is 0 Å². The third-order valence-electron chi connectivity index (χ3n) is 4.63. The Morgan fingerprint density at radius 2 is 1.75 bits per heavy atom. The highest BCUT2D eigenvalue weighted by atomic mass is 15.2. The van der Waals surface area contributed by atoms with E-state index in [0.29, 0.717) is 0 Å². The van der Waals surface area contributed by atoms with Crippen LogP contribution in [0.2, 0.25) is 0 Å². The fourth-order valence-corrected chi connectivity index (χ4v) is 3.52. The zero-order valence-corrected chi connectivity index (χ0v) is 13.4. The Morgan fingerprint density at radius 1 is 0.950 bits per heavy atom. The molecule has 1 aromatic rings. The molecule has 20 heavy (non-hydrogen) atoms. The number of benzene rings is 1. The summed E-state index contributed by atoms with van der Waals surface area (Å²) in [6, 6.07) is 9.77. The molecular weight excluding hydrogens is 242 g/mol. The van der Waals surface area contributed by atoms with E-state index >= 15 is 0 Å². The van der Waals surface area contributed by atoms with Gasteiger partial charge in [0.1, 0.15) is 0 Å². The number of nitrogens with zero attached hydrogens (tertiary/aromatic N) is 1. The molecular formula is C19H31N. The normalized spacial score (nSPS) is 15.4. The standard InChI is InChI=1S/C19H31N/c1-3-5-6-7-8-13-18(11-4-2)20-16-15-17-12-9-10-14-19(17)20/h9-10,12,14,18H,3-8,11,13,15-16H2,1-2H3. The molecule has 1 aromatic carbocycles. The molecule has 0 aromatic heterocycles. The van der Waals surface area contributed by atoms with Gasteiger partial charge >= 0.3 is 0 Å². The predicted octanol–water partition coefficient (Wildman–Crippen LogP) is 5.58. The van der Waals surface area contributed by atoms with Crippen LogP contribution in [0.5, 0.6) is 0 Å². The molecule has 1 atom stereocenters. The fraction of sp³-hybridized carbons (Fsp3) is 0.684. The first kappa shape index (κ1) is 15.4. The van der Waals surface area contributed by atoms with Crippen LogP contribution in [-0.2, 0) is 6.42 Å². The fourth-order valence-electron chi connectivity index (χ4n) is 3.52. The van der Waals surface area contributed by atoms with Crippen LogP contribution in [0.15, 0.2) is 24.3 Å². The monoisotopic (exact) mass is 273 g/mol. The average Bonchev–Trinajstić information content (AvgIpc) is 2.90. The lowest BCUT2D eigenvalue weighted by Gasteiger charge is -2.30. The van der Waals surface area contributed by atoms with Gasteiger partial charge in [0.05, 0.1) is 0 Å². The van der Waals surface area contributed by atoms with Crippen molar-refractivity contribution >= 4 is 5.69 Å². The van der Waals surface area contributed by atoms with E-state index in [2.05, 4.69) is 43.0 Å². The highest BCUT2D eigenvalue weighted by Gasteiger charge is 2.24. The van der Waals surface area contributed by atoms with E-state index < -0.39 is 0 Å². The zero-order valence-electron chi connectivity index (χ0n) is 13.4. The van der Waals surface area contributed by atoms with Crippen LogP contribution in [0.25, 0.3) is 0 Å². The van der Waals surface area contributed by atoms with Crippen LogP contribution >= 0.6 is 0 Å². The molecule has 1 unspecified atom stereocenters. The van der Waals surface area contributed by atoms with Gasteiger partial charge in [0.2, 0.25) is 0 Å². The Labute approximate surface area is 125 Å². The smallest absolute Gasteiger partial charge is 0.0402 e. The second-order valence-electron chi connectivity index (χ2n) is 6.22. The highest BCUT2D eigenvalue weighted by Crippen LogP contribution is 2.32. The first-order chi connectivity index (χ1) is 9.86. The van der Waals surface area contributed by atoms with Crippen LogP contribution in [0, 0.1) is 0 Å². The van der Waals surface area contributed by atoms with Gasteiger partial charge in [0.25, 0.3) is 0 Å². The van der Waals surface area contributed by atoms with E-state index in [-0.39, 0.29) is 0 Å². The van der Waals surface area contributed by atoms with Crippen molar-refractivity contribution in [3.05, 3.63) is 29.8 Å². The van der Waals surface area contributed by atoms with Crippen LogP contribution in [0.1, 0.15) is 70.8 Å². The summed E-state index contributed by atoms with van der Waals surface area (Å²) in [5, 5.41) is 0. The summed E-state index contributed by atoms with van der Waals surface area (Å²) in [6.45, 7) is 5.85. The summed E-state index contributed by atoms with van der Waals surface area (Å²) in [5.41, 5.74) is 3.07. The first-order valence-corrected chi connectivity index (χ1v) is 8.71. The van der Waals surface area contributed by atoms with Crippen molar-refractivity contribution in [3.63, 3.8) is 0 Å². The van der Waals surface area contributed by atoms with Gasteiger partial charge in [-0.05, 0) is 30.9 Å². The zero-order chi connectivity index (χ0) is 14.2. The third-order valence-corrected chi connectivity index (χ3v) is 4.63. The molecule has 0 amide bonds. The van der Waals surface area contributed by atoms with Gasteiger partial charge in [0, 0.05) is 18.3 Å². The molecule has 1 heterocycles. The summed E-state index contributed by atoms with van der Waals surface area (Å²) in [5.74, 6) is 0. The number of hydrogen-bond donors (Lipinski definition) is 0. The summed E-state index contributed by atoms with van der Waals surface area (Å²) < 4.78 is 0. The molecule has 0 bridgehead atoms. The van der Waals surface area contributed by atoms with Gasteiger partial charge in [-0.15, -0.1) is 0 Å². The molecule has 0 N–H and O–H groups in total. The molecule has 2 rings (SSSR count). The molecule has 1 heteroatoms. The van der Waals surface area contributed by atoms with E-state index in [1.54, 1.807) is 5.56 Å². The lowest BCUT2D eigenvalue weighted by molar-refractivity contribution is 0.484. The summed E-state index contributed by atoms with van der Waals surface area (Å²) in [6.07, 6.45) is 12.3. The molecule has 0 aliphatic carbocycles. The molecule has 1 nitrogen and oxygen atoms in total. The number of hydrogen-bond acceptors (Lipinski definition) is 1. The number of rotatable bonds is 9. The van der Waals surface area contributed by atoms with E-state index in [1.807, 2.05) is 0 Å². The van der Waals surface area contributed by atoms with E-state index in [1.165, 1.54) is 70.0 Å². The second-order valence-corrected chi connectivity index (χ2v) is 6.22. The molecule has 112 valence electrons. The van der Waals surface area contributed by atoms with E-state index in [0.717, 1.165) is 6.04 Å². The van der Waals surface area contributed by atoms with Crippen molar-refractivity contribution in [2.45, 2.75) is 77.7 Å². The van der Waals surface area contributed by atoms with E-state index in [4.69, 9.17) is 0 Å². The Hall–Kier alpha value is -0.980. The van der Waals surface area contributed by atoms with Crippen molar-refractivity contribution in [3.8, 4) is 0 Å². The average molecular weight is 273 g/mol. The number of fused-ring (bicyclic) bond motifs is 1. The maximum Gasteiger partial charge on any atom is 0.0402 e. The predicted molar refractivity (Wildman–Crippen MR) is 89.6 cm³/mol. The molecule has 0 spiro atoms. The molecule has 1 aliphatic heterocycles. The molecule has 0 fully saturated rings. The number of unbranched alkanes of at least 4 members (excludes halogenated alkanes) is 4. The topological polar surface area (TPSA) is 3.24 Å². The summed E-state index contributed by atoms with van der Waals surface area (Å²) >= 11 is 0. The van der Waals surface area contributed by atoms with Crippen LogP contribution in [0.4, 0.5) is 5.69 Å². The molecule has 0 radical (unpaired) electrons. The van der Waals surface area contributed by atoms with Crippen LogP contribution < -0.4 is 4.90 Å². The van der Waals surface area contributed by atoms with Gasteiger partial charge in [-0.3, -0.25) is 0 Å². The summed E-state index contributed by atoms with van der Waals surface area (Å²) in [7, 11) is 0. The SMILES string of the molecule is CCCCCCCC(CCC)N1CCc2ccccc21. The maximum absolute atomic E-state index is 2.69. The van der Waals surface area contributed by atoms with Crippen molar-refractivity contribution < 1.29 is 0 Å². The minimum atomic E-state index is 0.769. The largest absolute Gasteiger partial charge is 0.368 e. The van der Waals surface area contributed by atoms with Crippen molar-refractivity contribution in [1.82, 2.24) is 0 Å². The van der Waals surface area contributed by atoms with E-state index in [9.17, 15) is 0 Å². The lowest BCUT2D eigenvalue weighted by atomic mass is 10.0. The Balaban J connectivity index is 1.89. The number of anilines is 1. The number of para-hydroxylation sites is 1. The summed E-state index contributed by atoms with van der Waals surface area (Å²) in [4.78, 5) is 2.69. The molecule has 1 aliphatic rings. The van der Waals surface area contributed by atoms with Crippen LogP contribution in [-0.4, -0.2) is 12.6 Å². The lowest BCUT2D eigenvalue weighted by Crippen LogP contribution is -2.33.